The summed E-state index contributed by atoms with van der Waals surface area (Å²) in [4.78, 5) is 5.33. The Morgan fingerprint density at radius 3 is 2.94 bits per heavy atom. The molecule has 18 heavy (non-hydrogen) atoms. The van der Waals surface area contributed by atoms with Crippen LogP contribution in [0.1, 0.15) is 26.7 Å². The average Bonchev–Trinajstić information content (AvgIpc) is 2.77. The summed E-state index contributed by atoms with van der Waals surface area (Å²) < 4.78 is 5.32. The Labute approximate surface area is 112 Å². The van der Waals surface area contributed by atoms with Crippen LogP contribution in [0.3, 0.4) is 0 Å². The summed E-state index contributed by atoms with van der Waals surface area (Å²) in [6.45, 7) is 11.3. The Morgan fingerprint density at radius 1 is 1.39 bits per heavy atom. The molecule has 106 valence electrons. The number of ether oxygens (including phenoxy) is 1. The van der Waals surface area contributed by atoms with Crippen LogP contribution < -0.4 is 5.32 Å². The van der Waals surface area contributed by atoms with E-state index >= 15 is 0 Å². The maximum atomic E-state index is 5.32. The third-order valence-electron chi connectivity index (χ3n) is 4.38. The number of piperazine rings is 1. The van der Waals surface area contributed by atoms with Crippen molar-refractivity contribution >= 4 is 0 Å². The fraction of sp³-hybridized carbons (Fsp3) is 1.00. The molecule has 4 nitrogen and oxygen atoms in total. The summed E-state index contributed by atoms with van der Waals surface area (Å²) >= 11 is 0. The van der Waals surface area contributed by atoms with Gasteiger partial charge in [-0.3, -0.25) is 9.80 Å². The molecule has 0 spiro atoms. The van der Waals surface area contributed by atoms with Gasteiger partial charge >= 0.3 is 0 Å². The molecule has 4 heteroatoms. The fourth-order valence-corrected chi connectivity index (χ4v) is 3.45. The molecule has 2 aliphatic rings. The molecule has 0 amide bonds. The van der Waals surface area contributed by atoms with Crippen LogP contribution in [0.4, 0.5) is 0 Å². The van der Waals surface area contributed by atoms with E-state index in [2.05, 4.69) is 29.0 Å². The second kappa shape index (κ2) is 6.85. The Balaban J connectivity index is 1.86. The van der Waals surface area contributed by atoms with E-state index < -0.39 is 0 Å². The lowest BCUT2D eigenvalue weighted by atomic mass is 10.1. The van der Waals surface area contributed by atoms with E-state index in [-0.39, 0.29) is 0 Å². The number of hydrogen-bond acceptors (Lipinski definition) is 4. The Kier molecular flexibility index (Phi) is 5.42. The first-order chi connectivity index (χ1) is 8.74. The fourth-order valence-electron chi connectivity index (χ4n) is 3.45. The van der Waals surface area contributed by atoms with Crippen LogP contribution in [-0.4, -0.2) is 74.4 Å². The number of nitrogens with zero attached hydrogens (tertiary/aromatic N) is 2. The lowest BCUT2D eigenvalue weighted by Gasteiger charge is -2.43. The summed E-state index contributed by atoms with van der Waals surface area (Å²) in [7, 11) is 1.79. The normalized spacial score (nSPS) is 31.5. The molecule has 2 saturated heterocycles. The molecule has 0 aromatic carbocycles. The Bertz CT molecular complexity index is 243. The zero-order valence-electron chi connectivity index (χ0n) is 12.2. The molecule has 0 saturated carbocycles. The minimum absolute atomic E-state index is 0.468. The molecule has 0 aromatic heterocycles. The van der Waals surface area contributed by atoms with Crippen molar-refractivity contribution in [2.45, 2.75) is 44.8 Å². The third-order valence-corrected chi connectivity index (χ3v) is 4.38. The number of nitrogens with one attached hydrogen (secondary N) is 1. The standard InChI is InChI=1S/C14H29N3O/c1-4-15-13(11-18-3)9-17-10-14-6-5-7-16(14)8-12(17)2/h12-15H,4-11H2,1-3H3. The van der Waals surface area contributed by atoms with Gasteiger partial charge in [0.2, 0.25) is 0 Å². The molecule has 3 unspecified atom stereocenters. The molecule has 1 N–H and O–H groups in total. The van der Waals surface area contributed by atoms with Gasteiger partial charge in [-0.1, -0.05) is 6.92 Å². The highest BCUT2D eigenvalue weighted by atomic mass is 16.5. The maximum Gasteiger partial charge on any atom is 0.0628 e. The van der Waals surface area contributed by atoms with E-state index in [1.165, 1.54) is 32.5 Å². The van der Waals surface area contributed by atoms with Gasteiger partial charge in [0.05, 0.1) is 6.61 Å². The maximum absolute atomic E-state index is 5.32. The van der Waals surface area contributed by atoms with E-state index in [0.29, 0.717) is 12.1 Å². The smallest absolute Gasteiger partial charge is 0.0628 e. The van der Waals surface area contributed by atoms with Gasteiger partial charge in [-0.05, 0) is 32.9 Å². The average molecular weight is 255 g/mol. The predicted octanol–water partition coefficient (Wildman–Crippen LogP) is 0.779. The number of rotatable bonds is 6. The highest BCUT2D eigenvalue weighted by Crippen LogP contribution is 2.24. The molecular formula is C14H29N3O. The molecule has 0 radical (unpaired) electrons. The van der Waals surface area contributed by atoms with Crippen LogP contribution in [0, 0.1) is 0 Å². The van der Waals surface area contributed by atoms with Crippen molar-refractivity contribution in [1.82, 2.24) is 15.1 Å². The Hall–Kier alpha value is -0.160. The van der Waals surface area contributed by atoms with Crippen LogP contribution in [-0.2, 0) is 4.74 Å². The molecule has 2 heterocycles. The molecule has 3 atom stereocenters. The lowest BCUT2D eigenvalue weighted by molar-refractivity contribution is 0.0424. The van der Waals surface area contributed by atoms with Gasteiger partial charge in [0, 0.05) is 44.9 Å². The van der Waals surface area contributed by atoms with E-state index in [0.717, 1.165) is 25.7 Å². The summed E-state index contributed by atoms with van der Waals surface area (Å²) in [6.07, 6.45) is 2.78. The summed E-state index contributed by atoms with van der Waals surface area (Å²) in [5.74, 6) is 0. The van der Waals surface area contributed by atoms with E-state index in [1.807, 2.05) is 0 Å². The quantitative estimate of drug-likeness (QED) is 0.759. The zero-order valence-corrected chi connectivity index (χ0v) is 12.2. The van der Waals surface area contributed by atoms with Crippen molar-refractivity contribution in [2.75, 3.05) is 46.4 Å². The largest absolute Gasteiger partial charge is 0.383 e. The molecule has 0 aromatic rings. The number of hydrogen-bond donors (Lipinski definition) is 1. The first kappa shape index (κ1) is 14.3. The van der Waals surface area contributed by atoms with Gasteiger partial charge in [0.15, 0.2) is 0 Å². The number of fused-ring (bicyclic) bond motifs is 1. The Morgan fingerprint density at radius 2 is 2.22 bits per heavy atom. The van der Waals surface area contributed by atoms with Crippen molar-refractivity contribution in [3.8, 4) is 0 Å². The summed E-state index contributed by atoms with van der Waals surface area (Å²) in [6, 6.07) is 1.96. The molecule has 0 bridgehead atoms. The number of likely N-dealkylation sites (N-methyl/N-ethyl adjacent to an activating group) is 1. The first-order valence-corrected chi connectivity index (χ1v) is 7.45. The minimum atomic E-state index is 0.468. The van der Waals surface area contributed by atoms with Crippen molar-refractivity contribution in [3.63, 3.8) is 0 Å². The number of methoxy groups -OCH3 is 1. The van der Waals surface area contributed by atoms with E-state index in [1.54, 1.807) is 7.11 Å². The van der Waals surface area contributed by atoms with Crippen LogP contribution in [0.2, 0.25) is 0 Å². The van der Waals surface area contributed by atoms with Gasteiger partial charge in [-0.25, -0.2) is 0 Å². The molecule has 0 aliphatic carbocycles. The van der Waals surface area contributed by atoms with Crippen molar-refractivity contribution in [2.24, 2.45) is 0 Å². The van der Waals surface area contributed by atoms with Gasteiger partial charge < -0.3 is 10.1 Å². The second-order valence-electron chi connectivity index (χ2n) is 5.80. The zero-order chi connectivity index (χ0) is 13.0. The summed E-state index contributed by atoms with van der Waals surface area (Å²) in [5, 5.41) is 3.53. The molecule has 2 fully saturated rings. The van der Waals surface area contributed by atoms with Gasteiger partial charge in [0.1, 0.15) is 0 Å². The van der Waals surface area contributed by atoms with Gasteiger partial charge in [0.25, 0.3) is 0 Å². The summed E-state index contributed by atoms with van der Waals surface area (Å²) in [5.41, 5.74) is 0. The van der Waals surface area contributed by atoms with E-state index in [4.69, 9.17) is 4.74 Å². The molecule has 2 aliphatic heterocycles. The highest BCUT2D eigenvalue weighted by Gasteiger charge is 2.34. The molecular weight excluding hydrogens is 226 g/mol. The highest BCUT2D eigenvalue weighted by molar-refractivity contribution is 4.91. The van der Waals surface area contributed by atoms with Crippen LogP contribution in [0.5, 0.6) is 0 Å². The van der Waals surface area contributed by atoms with Crippen molar-refractivity contribution in [1.29, 1.82) is 0 Å². The lowest BCUT2D eigenvalue weighted by Crippen LogP contribution is -2.58. The SMILES string of the molecule is CCNC(COC)CN1CC2CCCN2CC1C. The van der Waals surface area contributed by atoms with Crippen LogP contribution in [0.25, 0.3) is 0 Å². The third kappa shape index (κ3) is 3.44. The first-order valence-electron chi connectivity index (χ1n) is 7.45. The van der Waals surface area contributed by atoms with Crippen LogP contribution >= 0.6 is 0 Å². The van der Waals surface area contributed by atoms with Crippen LogP contribution in [0.15, 0.2) is 0 Å². The van der Waals surface area contributed by atoms with Crippen molar-refractivity contribution < 1.29 is 4.74 Å². The topological polar surface area (TPSA) is 27.7 Å². The van der Waals surface area contributed by atoms with E-state index in [9.17, 15) is 0 Å². The van der Waals surface area contributed by atoms with Gasteiger partial charge in [-0.2, -0.15) is 0 Å². The second-order valence-corrected chi connectivity index (χ2v) is 5.80. The molecule has 2 rings (SSSR count). The monoisotopic (exact) mass is 255 g/mol. The van der Waals surface area contributed by atoms with Gasteiger partial charge in [-0.15, -0.1) is 0 Å². The minimum Gasteiger partial charge on any atom is -0.383 e. The van der Waals surface area contributed by atoms with Crippen molar-refractivity contribution in [3.05, 3.63) is 0 Å². The predicted molar refractivity (Wildman–Crippen MR) is 75.0 cm³/mol.